The molecule has 0 saturated heterocycles. The SMILES string of the molecule is CC.Cc1cc(=O)n(C2=Cc3c(CO[N+](=O)[O-])nsc3CC2)c(=O)n1C. The van der Waals surface area contributed by atoms with Gasteiger partial charge in [-0.2, -0.15) is 4.37 Å². The largest absolute Gasteiger partial charge is 0.335 e. The first-order valence-electron chi connectivity index (χ1n) is 8.14. The van der Waals surface area contributed by atoms with Gasteiger partial charge in [0, 0.05) is 34.9 Å². The lowest BCUT2D eigenvalue weighted by Gasteiger charge is -2.16. The van der Waals surface area contributed by atoms with Gasteiger partial charge in [-0.25, -0.2) is 9.36 Å². The molecule has 0 spiro atoms. The smallest absolute Gasteiger partial charge is 0.307 e. The van der Waals surface area contributed by atoms with Gasteiger partial charge in [0.15, 0.2) is 0 Å². The highest BCUT2D eigenvalue weighted by Crippen LogP contribution is 2.31. The number of rotatable bonds is 4. The van der Waals surface area contributed by atoms with Gasteiger partial charge in [0.05, 0.1) is 5.69 Å². The van der Waals surface area contributed by atoms with Crippen molar-refractivity contribution in [2.75, 3.05) is 0 Å². The third-order valence-electron chi connectivity index (χ3n) is 3.95. The summed E-state index contributed by atoms with van der Waals surface area (Å²) in [5, 5.41) is 9.49. The molecule has 2 aromatic rings. The van der Waals surface area contributed by atoms with E-state index in [1.807, 2.05) is 13.8 Å². The van der Waals surface area contributed by atoms with Crippen molar-refractivity contribution in [1.82, 2.24) is 13.5 Å². The van der Waals surface area contributed by atoms with Crippen molar-refractivity contribution in [2.45, 2.75) is 40.2 Å². The van der Waals surface area contributed by atoms with Crippen molar-refractivity contribution in [3.63, 3.8) is 0 Å². The normalized spacial score (nSPS) is 12.5. The second-order valence-corrected chi connectivity index (χ2v) is 6.26. The maximum Gasteiger partial charge on any atom is 0.335 e. The van der Waals surface area contributed by atoms with Gasteiger partial charge in [0.1, 0.15) is 6.61 Å². The summed E-state index contributed by atoms with van der Waals surface area (Å²) in [7, 11) is 1.60. The Labute approximate surface area is 153 Å². The Kier molecular flexibility index (Phi) is 6.09. The molecular weight excluding hydrogens is 360 g/mol. The zero-order valence-corrected chi connectivity index (χ0v) is 15.8. The molecule has 0 saturated carbocycles. The summed E-state index contributed by atoms with van der Waals surface area (Å²) in [6.45, 7) is 5.43. The first kappa shape index (κ1) is 19.6. The van der Waals surface area contributed by atoms with Crippen LogP contribution in [0.15, 0.2) is 15.7 Å². The summed E-state index contributed by atoms with van der Waals surface area (Å²) in [5.41, 5.74) is 1.45. The third-order valence-corrected chi connectivity index (χ3v) is 4.91. The van der Waals surface area contributed by atoms with Crippen LogP contribution in [-0.2, 0) is 24.9 Å². The standard InChI is InChI=1S/C14H14N4O5S.C2H6/c1-8-5-13(19)17(14(20)16(8)2)9-3-4-12-10(6-9)11(15-24-12)7-23-18(21)22;1-2/h5-6H,3-4,7H2,1-2H3;1-2H3. The number of fused-ring (bicyclic) bond motifs is 1. The lowest BCUT2D eigenvalue weighted by Crippen LogP contribution is -2.39. The second-order valence-electron chi connectivity index (χ2n) is 5.40. The van der Waals surface area contributed by atoms with Gasteiger partial charge in [0.2, 0.25) is 0 Å². The molecule has 0 fully saturated rings. The molecule has 9 nitrogen and oxygen atoms in total. The highest BCUT2D eigenvalue weighted by molar-refractivity contribution is 7.06. The van der Waals surface area contributed by atoms with Crippen molar-refractivity contribution < 1.29 is 9.92 Å². The van der Waals surface area contributed by atoms with E-state index >= 15 is 0 Å². The Morgan fingerprint density at radius 2 is 2.04 bits per heavy atom. The highest BCUT2D eigenvalue weighted by atomic mass is 32.1. The Bertz CT molecular complexity index is 970. The zero-order chi connectivity index (χ0) is 19.4. The van der Waals surface area contributed by atoms with Crippen LogP contribution in [0.3, 0.4) is 0 Å². The summed E-state index contributed by atoms with van der Waals surface area (Å²) in [6, 6.07) is 1.40. The van der Waals surface area contributed by atoms with Gasteiger partial charge in [0.25, 0.3) is 10.6 Å². The molecular formula is C16H20N4O5S. The molecule has 0 aromatic carbocycles. The van der Waals surface area contributed by atoms with E-state index in [0.29, 0.717) is 35.5 Å². The van der Waals surface area contributed by atoms with Crippen LogP contribution >= 0.6 is 11.5 Å². The first-order valence-corrected chi connectivity index (χ1v) is 8.91. The van der Waals surface area contributed by atoms with E-state index in [4.69, 9.17) is 0 Å². The van der Waals surface area contributed by atoms with E-state index in [0.717, 1.165) is 9.44 Å². The maximum absolute atomic E-state index is 12.4. The summed E-state index contributed by atoms with van der Waals surface area (Å²) in [6.07, 6.45) is 2.82. The Hall–Kier alpha value is -2.75. The van der Waals surface area contributed by atoms with E-state index in [1.165, 1.54) is 22.2 Å². The van der Waals surface area contributed by atoms with Crippen molar-refractivity contribution in [3.8, 4) is 0 Å². The molecule has 0 amide bonds. The maximum atomic E-state index is 12.4. The molecule has 140 valence electrons. The monoisotopic (exact) mass is 380 g/mol. The third kappa shape index (κ3) is 3.74. The molecule has 0 bridgehead atoms. The summed E-state index contributed by atoms with van der Waals surface area (Å²) < 4.78 is 6.71. The van der Waals surface area contributed by atoms with Gasteiger partial charge < -0.3 is 9.40 Å². The predicted octanol–water partition coefficient (Wildman–Crippen LogP) is 1.99. The molecule has 2 aromatic heterocycles. The van der Waals surface area contributed by atoms with E-state index < -0.39 is 16.3 Å². The first-order chi connectivity index (χ1) is 12.4. The van der Waals surface area contributed by atoms with Crippen LogP contribution in [0.25, 0.3) is 11.8 Å². The molecule has 0 radical (unpaired) electrons. The molecule has 26 heavy (non-hydrogen) atoms. The van der Waals surface area contributed by atoms with Gasteiger partial charge >= 0.3 is 5.69 Å². The van der Waals surface area contributed by atoms with Gasteiger partial charge in [-0.05, 0) is 37.4 Å². The number of allylic oxidation sites excluding steroid dienone is 1. The number of aryl methyl sites for hydroxylation is 2. The van der Waals surface area contributed by atoms with Gasteiger partial charge in [-0.3, -0.25) is 4.79 Å². The van der Waals surface area contributed by atoms with Crippen LogP contribution in [0.5, 0.6) is 0 Å². The van der Waals surface area contributed by atoms with Gasteiger partial charge in [-0.15, -0.1) is 10.1 Å². The summed E-state index contributed by atoms with van der Waals surface area (Å²) in [4.78, 5) is 40.4. The number of hydrogen-bond acceptors (Lipinski definition) is 7. The van der Waals surface area contributed by atoms with Gasteiger partial charge in [-0.1, -0.05) is 13.8 Å². The molecule has 1 aliphatic rings. The van der Waals surface area contributed by atoms with E-state index in [9.17, 15) is 19.7 Å². The van der Waals surface area contributed by atoms with Crippen molar-refractivity contribution in [1.29, 1.82) is 0 Å². The molecule has 0 unspecified atom stereocenters. The average Bonchev–Trinajstić information content (AvgIpc) is 3.02. The Morgan fingerprint density at radius 1 is 1.35 bits per heavy atom. The van der Waals surface area contributed by atoms with Crippen LogP contribution < -0.4 is 11.2 Å². The molecule has 1 aliphatic carbocycles. The molecule has 10 heteroatoms. The van der Waals surface area contributed by atoms with Crippen molar-refractivity contribution in [3.05, 3.63) is 58.8 Å². The minimum atomic E-state index is -0.876. The number of aromatic nitrogens is 3. The zero-order valence-electron chi connectivity index (χ0n) is 15.0. The van der Waals surface area contributed by atoms with E-state index in [2.05, 4.69) is 9.21 Å². The minimum absolute atomic E-state index is 0.260. The van der Waals surface area contributed by atoms with Crippen LogP contribution in [0.4, 0.5) is 0 Å². The molecule has 3 rings (SSSR count). The topological polar surface area (TPSA) is 109 Å². The molecule has 2 heterocycles. The number of nitrogens with zero attached hydrogens (tertiary/aromatic N) is 4. The van der Waals surface area contributed by atoms with Crippen LogP contribution in [0, 0.1) is 17.0 Å². The van der Waals surface area contributed by atoms with E-state index in [-0.39, 0.29) is 6.61 Å². The summed E-state index contributed by atoms with van der Waals surface area (Å²) in [5.74, 6) is 0. The minimum Gasteiger partial charge on any atom is -0.307 e. The fourth-order valence-corrected chi connectivity index (χ4v) is 3.43. The van der Waals surface area contributed by atoms with Crippen LogP contribution in [0.2, 0.25) is 0 Å². The van der Waals surface area contributed by atoms with Crippen LogP contribution in [-0.4, -0.2) is 18.6 Å². The Morgan fingerprint density at radius 3 is 2.69 bits per heavy atom. The fourth-order valence-electron chi connectivity index (χ4n) is 2.59. The van der Waals surface area contributed by atoms with E-state index in [1.54, 1.807) is 20.0 Å². The number of hydrogen-bond donors (Lipinski definition) is 0. The fraction of sp³-hybridized carbons (Fsp3) is 0.438. The Balaban J connectivity index is 0.00000117. The van der Waals surface area contributed by atoms with Crippen molar-refractivity contribution in [2.24, 2.45) is 7.05 Å². The quantitative estimate of drug-likeness (QED) is 0.593. The van der Waals surface area contributed by atoms with Crippen molar-refractivity contribution >= 4 is 23.3 Å². The lowest BCUT2D eigenvalue weighted by molar-refractivity contribution is -0.763. The summed E-state index contributed by atoms with van der Waals surface area (Å²) >= 11 is 1.25. The highest BCUT2D eigenvalue weighted by Gasteiger charge is 2.21. The second kappa shape index (κ2) is 8.09. The lowest BCUT2D eigenvalue weighted by atomic mass is 10.0. The van der Waals surface area contributed by atoms with Crippen LogP contribution in [0.1, 0.15) is 42.1 Å². The average molecular weight is 380 g/mol. The predicted molar refractivity (Wildman–Crippen MR) is 98.4 cm³/mol. The molecule has 0 N–H and O–H groups in total. The molecule has 0 atom stereocenters. The molecule has 0 aliphatic heterocycles.